The first kappa shape index (κ1) is 8.45. The molecule has 0 aliphatic rings. The fourth-order valence-electron chi connectivity index (χ4n) is 0.749. The van der Waals surface area contributed by atoms with Crippen LogP contribution in [0, 0.1) is 12.7 Å². The first-order valence-electron chi connectivity index (χ1n) is 3.21. The van der Waals surface area contributed by atoms with Crippen molar-refractivity contribution in [2.24, 2.45) is 0 Å². The van der Waals surface area contributed by atoms with E-state index in [0.29, 0.717) is 5.69 Å². The second kappa shape index (κ2) is 3.17. The van der Waals surface area contributed by atoms with Crippen LogP contribution in [-0.4, -0.2) is 16.2 Å². The average Bonchev–Trinajstić information content (AvgIpc) is 1.96. The Hall–Kier alpha value is -1.65. The van der Waals surface area contributed by atoms with E-state index >= 15 is 0 Å². The van der Waals surface area contributed by atoms with Crippen LogP contribution in [0.5, 0.6) is 0 Å². The Kier molecular flexibility index (Phi) is 2.23. The van der Waals surface area contributed by atoms with Crippen LogP contribution in [0.1, 0.15) is 5.69 Å². The monoisotopic (exact) mass is 170 g/mol. The molecule has 0 spiro atoms. The Labute approximate surface area is 68.1 Å². The number of aromatic nitrogens is 1. The molecule has 0 radical (unpaired) electrons. The molecule has 0 saturated heterocycles. The lowest BCUT2D eigenvalue weighted by Gasteiger charge is -2.02. The molecule has 0 bridgehead atoms. The number of anilines is 1. The van der Waals surface area contributed by atoms with Crippen molar-refractivity contribution < 1.29 is 14.3 Å². The summed E-state index contributed by atoms with van der Waals surface area (Å²) in [7, 11) is 0. The number of halogens is 1. The van der Waals surface area contributed by atoms with Gasteiger partial charge in [-0.05, 0) is 6.92 Å². The van der Waals surface area contributed by atoms with Crippen LogP contribution >= 0.6 is 0 Å². The lowest BCUT2D eigenvalue weighted by atomic mass is 10.3. The lowest BCUT2D eigenvalue weighted by molar-refractivity contribution is 0.209. The number of amides is 1. The zero-order valence-corrected chi connectivity index (χ0v) is 6.34. The van der Waals surface area contributed by atoms with Gasteiger partial charge < -0.3 is 5.11 Å². The molecular formula is C7H7FN2O2. The van der Waals surface area contributed by atoms with Crippen molar-refractivity contribution in [2.75, 3.05) is 5.32 Å². The Morgan fingerprint density at radius 1 is 1.75 bits per heavy atom. The van der Waals surface area contributed by atoms with Crippen molar-refractivity contribution in [3.05, 3.63) is 23.8 Å². The van der Waals surface area contributed by atoms with E-state index < -0.39 is 11.9 Å². The fraction of sp³-hybridized carbons (Fsp3) is 0.143. The number of carboxylic acid groups (broad SMARTS) is 1. The first-order valence-corrected chi connectivity index (χ1v) is 3.21. The largest absolute Gasteiger partial charge is 0.465 e. The number of hydrogen-bond acceptors (Lipinski definition) is 2. The Balaban J connectivity index is 2.97. The maximum Gasteiger partial charge on any atom is 0.409 e. The lowest BCUT2D eigenvalue weighted by Crippen LogP contribution is -2.09. The molecule has 0 aromatic carbocycles. The van der Waals surface area contributed by atoms with E-state index in [9.17, 15) is 9.18 Å². The number of hydrogen-bond donors (Lipinski definition) is 2. The molecule has 0 saturated carbocycles. The zero-order valence-electron chi connectivity index (χ0n) is 6.34. The van der Waals surface area contributed by atoms with Gasteiger partial charge in [0, 0.05) is 6.07 Å². The van der Waals surface area contributed by atoms with Crippen LogP contribution < -0.4 is 5.32 Å². The van der Waals surface area contributed by atoms with E-state index in [1.54, 1.807) is 6.92 Å². The summed E-state index contributed by atoms with van der Waals surface area (Å²) in [5.74, 6) is -0.565. The molecule has 1 aromatic heterocycles. The summed E-state index contributed by atoms with van der Waals surface area (Å²) in [5.41, 5.74) is 0.612. The molecule has 1 amide bonds. The zero-order chi connectivity index (χ0) is 9.14. The standard InChI is InChI=1S/C7H7FN2O2/c1-4-6(10-7(11)12)2-5(8)3-9-4/h2-3,10H,1H3,(H,11,12). The van der Waals surface area contributed by atoms with Crippen LogP contribution in [0.3, 0.4) is 0 Å². The van der Waals surface area contributed by atoms with E-state index in [1.165, 1.54) is 0 Å². The van der Waals surface area contributed by atoms with Crippen LogP contribution in [0.2, 0.25) is 0 Å². The number of nitrogens with zero attached hydrogens (tertiary/aromatic N) is 1. The minimum Gasteiger partial charge on any atom is -0.465 e. The highest BCUT2D eigenvalue weighted by Crippen LogP contribution is 2.12. The normalized spacial score (nSPS) is 9.50. The summed E-state index contributed by atoms with van der Waals surface area (Å²) in [6.45, 7) is 1.59. The van der Waals surface area contributed by atoms with Crippen molar-refractivity contribution in [1.29, 1.82) is 0 Å². The molecule has 0 atom stereocenters. The van der Waals surface area contributed by atoms with Gasteiger partial charge in [0.1, 0.15) is 5.82 Å². The molecule has 2 N–H and O–H groups in total. The Morgan fingerprint density at radius 2 is 2.42 bits per heavy atom. The third kappa shape index (κ3) is 1.91. The summed E-state index contributed by atoms with van der Waals surface area (Å²) in [6, 6.07) is 1.08. The summed E-state index contributed by atoms with van der Waals surface area (Å²) < 4.78 is 12.5. The summed E-state index contributed by atoms with van der Waals surface area (Å²) >= 11 is 0. The van der Waals surface area contributed by atoms with Crippen molar-refractivity contribution in [1.82, 2.24) is 4.98 Å². The van der Waals surface area contributed by atoms with Crippen molar-refractivity contribution >= 4 is 11.8 Å². The van der Waals surface area contributed by atoms with Gasteiger partial charge in [0.25, 0.3) is 0 Å². The van der Waals surface area contributed by atoms with E-state index in [0.717, 1.165) is 12.3 Å². The first-order chi connectivity index (χ1) is 5.59. The Morgan fingerprint density at radius 3 is 3.00 bits per heavy atom. The summed E-state index contributed by atoms with van der Waals surface area (Å²) in [5, 5.41) is 10.3. The molecule has 1 aromatic rings. The smallest absolute Gasteiger partial charge is 0.409 e. The third-order valence-electron chi connectivity index (χ3n) is 1.30. The highest BCUT2D eigenvalue weighted by Gasteiger charge is 2.03. The summed E-state index contributed by atoms with van der Waals surface area (Å²) in [4.78, 5) is 13.8. The summed E-state index contributed by atoms with van der Waals surface area (Å²) in [6.07, 6.45) is -0.201. The van der Waals surface area contributed by atoms with E-state index in [2.05, 4.69) is 4.98 Å². The van der Waals surface area contributed by atoms with Crippen LogP contribution in [-0.2, 0) is 0 Å². The molecule has 4 nitrogen and oxygen atoms in total. The number of aryl methyl sites for hydroxylation is 1. The quantitative estimate of drug-likeness (QED) is 0.673. The molecule has 0 fully saturated rings. The molecule has 12 heavy (non-hydrogen) atoms. The van der Waals surface area contributed by atoms with Gasteiger partial charge in [-0.15, -0.1) is 0 Å². The SMILES string of the molecule is Cc1ncc(F)cc1NC(=O)O. The molecule has 5 heteroatoms. The second-order valence-electron chi connectivity index (χ2n) is 2.22. The van der Waals surface area contributed by atoms with Gasteiger partial charge in [-0.1, -0.05) is 0 Å². The second-order valence-corrected chi connectivity index (χ2v) is 2.22. The van der Waals surface area contributed by atoms with Crippen molar-refractivity contribution in [3.8, 4) is 0 Å². The topological polar surface area (TPSA) is 62.2 Å². The van der Waals surface area contributed by atoms with Gasteiger partial charge in [0.2, 0.25) is 0 Å². The predicted molar refractivity (Wildman–Crippen MR) is 40.6 cm³/mol. The molecule has 0 aliphatic heterocycles. The van der Waals surface area contributed by atoms with Crippen molar-refractivity contribution in [3.63, 3.8) is 0 Å². The van der Waals surface area contributed by atoms with Gasteiger partial charge in [-0.25, -0.2) is 9.18 Å². The minimum atomic E-state index is -1.23. The highest BCUT2D eigenvalue weighted by molar-refractivity contribution is 5.83. The minimum absolute atomic E-state index is 0.169. The van der Waals surface area contributed by atoms with Crippen LogP contribution in [0.25, 0.3) is 0 Å². The highest BCUT2D eigenvalue weighted by atomic mass is 19.1. The van der Waals surface area contributed by atoms with E-state index in [1.807, 2.05) is 5.32 Å². The molecule has 0 aliphatic carbocycles. The van der Waals surface area contributed by atoms with Crippen LogP contribution in [0.15, 0.2) is 12.3 Å². The molecule has 1 heterocycles. The molecule has 64 valence electrons. The fourth-order valence-corrected chi connectivity index (χ4v) is 0.749. The third-order valence-corrected chi connectivity index (χ3v) is 1.30. The molecule has 0 unspecified atom stereocenters. The van der Waals surface area contributed by atoms with Gasteiger partial charge in [-0.2, -0.15) is 0 Å². The maximum absolute atomic E-state index is 12.5. The van der Waals surface area contributed by atoms with Crippen molar-refractivity contribution in [2.45, 2.75) is 6.92 Å². The maximum atomic E-state index is 12.5. The number of nitrogens with one attached hydrogen (secondary N) is 1. The van der Waals surface area contributed by atoms with Gasteiger partial charge in [0.05, 0.1) is 17.6 Å². The predicted octanol–water partition coefficient (Wildman–Crippen LogP) is 1.62. The molecular weight excluding hydrogens is 163 g/mol. The van der Waals surface area contributed by atoms with Gasteiger partial charge in [-0.3, -0.25) is 10.3 Å². The molecule has 1 rings (SSSR count). The van der Waals surface area contributed by atoms with E-state index in [-0.39, 0.29) is 5.69 Å². The number of carbonyl (C=O) groups is 1. The van der Waals surface area contributed by atoms with E-state index in [4.69, 9.17) is 5.11 Å². The Bertz CT molecular complexity index is 314. The van der Waals surface area contributed by atoms with Crippen LogP contribution in [0.4, 0.5) is 14.9 Å². The average molecular weight is 170 g/mol. The number of rotatable bonds is 1. The number of pyridine rings is 1. The van der Waals surface area contributed by atoms with Gasteiger partial charge in [0.15, 0.2) is 0 Å². The van der Waals surface area contributed by atoms with Gasteiger partial charge >= 0.3 is 6.09 Å².